The Morgan fingerprint density at radius 1 is 1.06 bits per heavy atom. The SMILES string of the molecule is COC(=O)c1ccccc1NC(=O)CN1C(=O)N(c2ccccc2)C(=O)C2SC=CC21. The van der Waals surface area contributed by atoms with Crippen LogP contribution in [0.3, 0.4) is 0 Å². The molecule has 0 aliphatic carbocycles. The number of nitrogens with zero attached hydrogens (tertiary/aromatic N) is 2. The van der Waals surface area contributed by atoms with Crippen LogP contribution in [0, 0.1) is 0 Å². The maximum absolute atomic E-state index is 13.2. The van der Waals surface area contributed by atoms with Gasteiger partial charge >= 0.3 is 12.0 Å². The van der Waals surface area contributed by atoms with Gasteiger partial charge in [0.25, 0.3) is 5.91 Å². The highest BCUT2D eigenvalue weighted by atomic mass is 32.2. The Hall–Kier alpha value is -3.59. The molecule has 0 aromatic heterocycles. The molecule has 31 heavy (non-hydrogen) atoms. The number of anilines is 2. The molecule has 4 rings (SSSR count). The topological polar surface area (TPSA) is 96.0 Å². The van der Waals surface area contributed by atoms with Crippen LogP contribution < -0.4 is 10.2 Å². The molecular formula is C22H19N3O5S. The molecule has 0 radical (unpaired) electrons. The first kappa shape index (κ1) is 20.7. The first-order chi connectivity index (χ1) is 15.0. The van der Waals surface area contributed by atoms with Crippen molar-refractivity contribution in [2.45, 2.75) is 11.3 Å². The van der Waals surface area contributed by atoms with Crippen molar-refractivity contribution in [1.82, 2.24) is 4.90 Å². The van der Waals surface area contributed by atoms with Gasteiger partial charge in [0.15, 0.2) is 0 Å². The monoisotopic (exact) mass is 437 g/mol. The zero-order valence-electron chi connectivity index (χ0n) is 16.6. The van der Waals surface area contributed by atoms with Crippen LogP contribution in [0.15, 0.2) is 66.1 Å². The van der Waals surface area contributed by atoms with Crippen LogP contribution in [0.2, 0.25) is 0 Å². The van der Waals surface area contributed by atoms with Crippen LogP contribution in [-0.2, 0) is 14.3 Å². The van der Waals surface area contributed by atoms with E-state index >= 15 is 0 Å². The van der Waals surface area contributed by atoms with Crippen LogP contribution in [0.1, 0.15) is 10.4 Å². The summed E-state index contributed by atoms with van der Waals surface area (Å²) in [5, 5.41) is 3.92. The minimum absolute atomic E-state index is 0.207. The maximum Gasteiger partial charge on any atom is 0.339 e. The van der Waals surface area contributed by atoms with E-state index in [1.165, 1.54) is 29.8 Å². The van der Waals surface area contributed by atoms with Crippen molar-refractivity contribution in [2.24, 2.45) is 0 Å². The van der Waals surface area contributed by atoms with Gasteiger partial charge in [-0.3, -0.25) is 9.59 Å². The molecular weight excluding hydrogens is 418 g/mol. The van der Waals surface area contributed by atoms with Crippen molar-refractivity contribution >= 4 is 47.0 Å². The lowest BCUT2D eigenvalue weighted by Crippen LogP contribution is -2.63. The predicted molar refractivity (Wildman–Crippen MR) is 117 cm³/mol. The third-order valence-electron chi connectivity index (χ3n) is 5.01. The molecule has 158 valence electrons. The third-order valence-corrected chi connectivity index (χ3v) is 6.09. The number of amides is 4. The molecule has 2 aliphatic rings. The van der Waals surface area contributed by atoms with E-state index in [4.69, 9.17) is 4.74 Å². The van der Waals surface area contributed by atoms with Gasteiger partial charge in [-0.15, -0.1) is 11.8 Å². The number of rotatable bonds is 5. The molecule has 1 fully saturated rings. The number of esters is 1. The van der Waals surface area contributed by atoms with E-state index in [0.717, 1.165) is 4.90 Å². The van der Waals surface area contributed by atoms with Crippen LogP contribution >= 0.6 is 11.8 Å². The number of thioether (sulfide) groups is 1. The standard InChI is InChI=1S/C22H19N3O5S/c1-30-21(28)15-9-5-6-10-16(15)23-18(26)13-24-17-11-12-31-19(17)20(27)25(22(24)29)14-7-3-2-4-8-14/h2-12,17,19H,13H2,1H3,(H,23,26). The van der Waals surface area contributed by atoms with Crippen LogP contribution in [0.4, 0.5) is 16.2 Å². The number of ether oxygens (including phenoxy) is 1. The summed E-state index contributed by atoms with van der Waals surface area (Å²) in [6.07, 6.45) is 1.75. The number of carbonyl (C=O) groups is 4. The minimum Gasteiger partial charge on any atom is -0.465 e. The van der Waals surface area contributed by atoms with Crippen molar-refractivity contribution in [3.63, 3.8) is 0 Å². The van der Waals surface area contributed by atoms with Crippen molar-refractivity contribution in [1.29, 1.82) is 0 Å². The van der Waals surface area contributed by atoms with Crippen molar-refractivity contribution in [2.75, 3.05) is 23.9 Å². The number of urea groups is 1. The van der Waals surface area contributed by atoms with E-state index in [2.05, 4.69) is 5.32 Å². The number of imide groups is 1. The molecule has 2 heterocycles. The molecule has 2 unspecified atom stereocenters. The first-order valence-electron chi connectivity index (χ1n) is 9.50. The Morgan fingerprint density at radius 3 is 2.52 bits per heavy atom. The predicted octanol–water partition coefficient (Wildman–Crippen LogP) is 2.88. The molecule has 8 nitrogen and oxygen atoms in total. The van der Waals surface area contributed by atoms with Gasteiger partial charge in [-0.05, 0) is 29.7 Å². The summed E-state index contributed by atoms with van der Waals surface area (Å²) in [5.41, 5.74) is 0.941. The van der Waals surface area contributed by atoms with Gasteiger partial charge in [0.2, 0.25) is 5.91 Å². The largest absolute Gasteiger partial charge is 0.465 e. The Balaban J connectivity index is 1.58. The number of hydrogen-bond donors (Lipinski definition) is 1. The zero-order valence-corrected chi connectivity index (χ0v) is 17.4. The lowest BCUT2D eigenvalue weighted by Gasteiger charge is -2.40. The van der Waals surface area contributed by atoms with Gasteiger partial charge in [0.05, 0.1) is 30.1 Å². The fourth-order valence-corrected chi connectivity index (χ4v) is 4.59. The number of nitrogens with one attached hydrogen (secondary N) is 1. The van der Waals surface area contributed by atoms with Gasteiger partial charge in [0.1, 0.15) is 11.8 Å². The number of benzene rings is 2. The number of carbonyl (C=O) groups excluding carboxylic acids is 4. The van der Waals surface area contributed by atoms with Gasteiger partial charge in [-0.2, -0.15) is 0 Å². The Labute approximate surface area is 182 Å². The third kappa shape index (κ3) is 3.91. The molecule has 9 heteroatoms. The van der Waals surface area contributed by atoms with Gasteiger partial charge in [0, 0.05) is 0 Å². The van der Waals surface area contributed by atoms with E-state index in [1.54, 1.807) is 60.0 Å². The fraction of sp³-hybridized carbons (Fsp3) is 0.182. The summed E-state index contributed by atoms with van der Waals surface area (Å²) >= 11 is 1.32. The number of hydrogen-bond acceptors (Lipinski definition) is 6. The normalized spacial score (nSPS) is 19.9. The highest BCUT2D eigenvalue weighted by molar-refractivity contribution is 8.03. The highest BCUT2D eigenvalue weighted by Gasteiger charge is 2.48. The number of para-hydroxylation sites is 2. The smallest absolute Gasteiger partial charge is 0.339 e. The quantitative estimate of drug-likeness (QED) is 0.723. The van der Waals surface area contributed by atoms with Crippen molar-refractivity contribution in [3.8, 4) is 0 Å². The summed E-state index contributed by atoms with van der Waals surface area (Å²) in [4.78, 5) is 53.4. The summed E-state index contributed by atoms with van der Waals surface area (Å²) in [6.45, 7) is -0.281. The van der Waals surface area contributed by atoms with E-state index in [-0.39, 0.29) is 23.7 Å². The molecule has 0 bridgehead atoms. The van der Waals surface area contributed by atoms with E-state index < -0.39 is 29.2 Å². The minimum atomic E-state index is -0.582. The van der Waals surface area contributed by atoms with E-state index in [9.17, 15) is 19.2 Å². The molecule has 2 aliphatic heterocycles. The van der Waals surface area contributed by atoms with Crippen LogP contribution in [0.5, 0.6) is 0 Å². The molecule has 2 aromatic carbocycles. The maximum atomic E-state index is 13.2. The molecule has 1 N–H and O–H groups in total. The average molecular weight is 437 g/mol. The van der Waals surface area contributed by atoms with Gasteiger partial charge in [-0.25, -0.2) is 14.5 Å². The fourth-order valence-electron chi connectivity index (χ4n) is 3.55. The van der Waals surface area contributed by atoms with Crippen molar-refractivity contribution in [3.05, 3.63) is 71.6 Å². The Bertz CT molecular complexity index is 1070. The summed E-state index contributed by atoms with van der Waals surface area (Å²) < 4.78 is 4.75. The molecule has 2 aromatic rings. The van der Waals surface area contributed by atoms with Crippen LogP contribution in [-0.4, -0.2) is 53.7 Å². The average Bonchev–Trinajstić information content (AvgIpc) is 3.27. The number of methoxy groups -OCH3 is 1. The Morgan fingerprint density at radius 2 is 1.77 bits per heavy atom. The molecule has 4 amide bonds. The van der Waals surface area contributed by atoms with Gasteiger partial charge in [-0.1, -0.05) is 36.4 Å². The second kappa shape index (κ2) is 8.65. The zero-order chi connectivity index (χ0) is 22.0. The van der Waals surface area contributed by atoms with Crippen molar-refractivity contribution < 1.29 is 23.9 Å². The van der Waals surface area contributed by atoms with E-state index in [1.807, 2.05) is 0 Å². The molecule has 1 saturated heterocycles. The second-order valence-electron chi connectivity index (χ2n) is 6.88. The molecule has 2 atom stereocenters. The number of fused-ring (bicyclic) bond motifs is 1. The summed E-state index contributed by atoms with van der Waals surface area (Å²) in [6, 6.07) is 14.0. The summed E-state index contributed by atoms with van der Waals surface area (Å²) in [5.74, 6) is -1.39. The second-order valence-corrected chi connectivity index (χ2v) is 7.93. The molecule has 0 spiro atoms. The van der Waals surface area contributed by atoms with Gasteiger partial charge < -0.3 is 15.0 Å². The van der Waals surface area contributed by atoms with E-state index in [0.29, 0.717) is 5.69 Å². The Kier molecular flexibility index (Phi) is 5.77. The lowest BCUT2D eigenvalue weighted by molar-refractivity contribution is -0.121. The summed E-state index contributed by atoms with van der Waals surface area (Å²) in [7, 11) is 1.26. The lowest BCUT2D eigenvalue weighted by atomic mass is 10.1. The molecule has 0 saturated carbocycles. The highest BCUT2D eigenvalue weighted by Crippen LogP contribution is 2.36. The first-order valence-corrected chi connectivity index (χ1v) is 10.4. The van der Waals surface area contributed by atoms with Crippen LogP contribution in [0.25, 0.3) is 0 Å².